The first-order valence-electron chi connectivity index (χ1n) is 4.63. The Bertz CT molecular complexity index is 369. The molecule has 1 aliphatic rings. The number of carbonyl (C=O) groups excluding carboxylic acids is 1. The zero-order chi connectivity index (χ0) is 9.42. The zero-order valence-corrected chi connectivity index (χ0v) is 7.98. The average molecular weight is 175 g/mol. The first-order chi connectivity index (χ1) is 6.22. The monoisotopic (exact) mass is 175 g/mol. The topological polar surface area (TPSA) is 29.1 Å². The molecule has 2 heteroatoms. The predicted octanol–water partition coefficient (Wildman–Crippen LogP) is 1.80. The molecule has 0 saturated heterocycles. The highest BCUT2D eigenvalue weighted by molar-refractivity contribution is 5.98. The fourth-order valence-corrected chi connectivity index (χ4v) is 1.82. The van der Waals surface area contributed by atoms with Crippen LogP contribution in [0.2, 0.25) is 0 Å². The van der Waals surface area contributed by atoms with Crippen molar-refractivity contribution in [3.63, 3.8) is 0 Å². The molecule has 0 atom stereocenters. The van der Waals surface area contributed by atoms with E-state index >= 15 is 0 Å². The molecule has 13 heavy (non-hydrogen) atoms. The van der Waals surface area contributed by atoms with E-state index in [0.717, 1.165) is 17.5 Å². The Hall–Kier alpha value is -1.31. The van der Waals surface area contributed by atoms with Crippen LogP contribution in [0.1, 0.15) is 34.0 Å². The molecule has 0 fully saturated rings. The van der Waals surface area contributed by atoms with E-state index in [0.29, 0.717) is 6.54 Å². The maximum atomic E-state index is 11.3. The van der Waals surface area contributed by atoms with Gasteiger partial charge in [0.1, 0.15) is 0 Å². The van der Waals surface area contributed by atoms with Crippen molar-refractivity contribution in [1.29, 1.82) is 0 Å². The van der Waals surface area contributed by atoms with Gasteiger partial charge >= 0.3 is 0 Å². The molecule has 0 spiro atoms. The van der Waals surface area contributed by atoms with Crippen molar-refractivity contribution in [3.8, 4) is 0 Å². The maximum Gasteiger partial charge on any atom is 0.251 e. The van der Waals surface area contributed by atoms with Gasteiger partial charge in [-0.15, -0.1) is 0 Å². The summed E-state index contributed by atoms with van der Waals surface area (Å²) < 4.78 is 0. The first-order valence-corrected chi connectivity index (χ1v) is 4.63. The van der Waals surface area contributed by atoms with Gasteiger partial charge in [-0.05, 0) is 36.1 Å². The number of fused-ring (bicyclic) bond motifs is 1. The van der Waals surface area contributed by atoms with Gasteiger partial charge in [0.25, 0.3) is 5.91 Å². The van der Waals surface area contributed by atoms with E-state index in [-0.39, 0.29) is 5.91 Å². The van der Waals surface area contributed by atoms with Crippen LogP contribution in [-0.4, -0.2) is 5.91 Å². The lowest BCUT2D eigenvalue weighted by Crippen LogP contribution is -2.12. The van der Waals surface area contributed by atoms with Gasteiger partial charge in [0.15, 0.2) is 0 Å². The minimum Gasteiger partial charge on any atom is -0.348 e. The molecular weight excluding hydrogens is 162 g/mol. The van der Waals surface area contributed by atoms with Crippen LogP contribution in [0.25, 0.3) is 0 Å². The number of aryl methyl sites for hydroxylation is 2. The lowest BCUT2D eigenvalue weighted by molar-refractivity contribution is 0.0965. The number of rotatable bonds is 1. The average Bonchev–Trinajstić information content (AvgIpc) is 2.46. The number of hydrogen-bond acceptors (Lipinski definition) is 1. The standard InChI is InChI=1S/C11H13NO/c1-3-8-5-10-9(4-7(8)2)6-12-11(10)13/h4-5H,3,6H2,1-2H3,(H,12,13). The molecule has 1 heterocycles. The fourth-order valence-electron chi connectivity index (χ4n) is 1.82. The molecule has 0 unspecified atom stereocenters. The van der Waals surface area contributed by atoms with Crippen LogP contribution in [0.4, 0.5) is 0 Å². The van der Waals surface area contributed by atoms with Crippen LogP contribution in [0, 0.1) is 6.92 Å². The smallest absolute Gasteiger partial charge is 0.251 e. The van der Waals surface area contributed by atoms with Gasteiger partial charge in [-0.1, -0.05) is 13.0 Å². The summed E-state index contributed by atoms with van der Waals surface area (Å²) in [5, 5.41) is 2.82. The van der Waals surface area contributed by atoms with Crippen LogP contribution in [0.5, 0.6) is 0 Å². The fraction of sp³-hybridized carbons (Fsp3) is 0.364. The number of amides is 1. The second-order valence-corrected chi connectivity index (χ2v) is 3.47. The van der Waals surface area contributed by atoms with Crippen LogP contribution < -0.4 is 5.32 Å². The van der Waals surface area contributed by atoms with Crippen LogP contribution in [0.15, 0.2) is 12.1 Å². The molecule has 1 amide bonds. The van der Waals surface area contributed by atoms with Gasteiger partial charge < -0.3 is 5.32 Å². The van der Waals surface area contributed by atoms with Crippen molar-refractivity contribution in [2.24, 2.45) is 0 Å². The highest BCUT2D eigenvalue weighted by Crippen LogP contribution is 2.20. The number of benzene rings is 1. The SMILES string of the molecule is CCc1cc2c(cc1C)CNC2=O. The molecule has 1 N–H and O–H groups in total. The Morgan fingerprint density at radius 3 is 2.92 bits per heavy atom. The van der Waals surface area contributed by atoms with Crippen LogP contribution >= 0.6 is 0 Å². The lowest BCUT2D eigenvalue weighted by Gasteiger charge is -2.04. The van der Waals surface area contributed by atoms with Gasteiger partial charge in [-0.2, -0.15) is 0 Å². The molecule has 0 bridgehead atoms. The molecule has 0 radical (unpaired) electrons. The quantitative estimate of drug-likeness (QED) is 0.692. The minimum atomic E-state index is 0.0738. The first kappa shape index (κ1) is 8.30. The van der Waals surface area contributed by atoms with Crippen LogP contribution in [0.3, 0.4) is 0 Å². The second kappa shape index (κ2) is 2.87. The van der Waals surface area contributed by atoms with E-state index in [1.54, 1.807) is 0 Å². The third-order valence-corrected chi connectivity index (χ3v) is 2.63. The summed E-state index contributed by atoms with van der Waals surface area (Å²) in [6.45, 7) is 4.91. The highest BCUT2D eigenvalue weighted by Gasteiger charge is 2.19. The molecular formula is C11H13NO. The zero-order valence-electron chi connectivity index (χ0n) is 7.98. The largest absolute Gasteiger partial charge is 0.348 e. The van der Waals surface area contributed by atoms with Crippen molar-refractivity contribution < 1.29 is 4.79 Å². The summed E-state index contributed by atoms with van der Waals surface area (Å²) in [4.78, 5) is 11.3. The van der Waals surface area contributed by atoms with Gasteiger partial charge in [-0.25, -0.2) is 0 Å². The predicted molar refractivity (Wildman–Crippen MR) is 51.7 cm³/mol. The molecule has 2 nitrogen and oxygen atoms in total. The number of nitrogens with one attached hydrogen (secondary N) is 1. The van der Waals surface area contributed by atoms with E-state index in [9.17, 15) is 4.79 Å². The third kappa shape index (κ3) is 1.22. The molecule has 0 saturated carbocycles. The minimum absolute atomic E-state index is 0.0738. The molecule has 1 aromatic rings. The van der Waals surface area contributed by atoms with E-state index in [2.05, 4.69) is 25.2 Å². The summed E-state index contributed by atoms with van der Waals surface area (Å²) >= 11 is 0. The van der Waals surface area contributed by atoms with Gasteiger partial charge in [0.2, 0.25) is 0 Å². The Morgan fingerprint density at radius 1 is 1.46 bits per heavy atom. The normalized spacial score (nSPS) is 14.2. The maximum absolute atomic E-state index is 11.3. The Labute approximate surface area is 78.0 Å². The Morgan fingerprint density at radius 2 is 2.23 bits per heavy atom. The van der Waals surface area contributed by atoms with E-state index in [4.69, 9.17) is 0 Å². The molecule has 1 aliphatic heterocycles. The summed E-state index contributed by atoms with van der Waals surface area (Å²) in [6.07, 6.45) is 0.992. The van der Waals surface area contributed by atoms with Gasteiger partial charge in [0, 0.05) is 12.1 Å². The summed E-state index contributed by atoms with van der Waals surface area (Å²) in [5.41, 5.74) is 4.57. The van der Waals surface area contributed by atoms with E-state index in [1.807, 2.05) is 6.07 Å². The molecule has 68 valence electrons. The molecule has 2 rings (SSSR count). The summed E-state index contributed by atoms with van der Waals surface area (Å²) in [6, 6.07) is 4.14. The van der Waals surface area contributed by atoms with Crippen molar-refractivity contribution >= 4 is 5.91 Å². The molecule has 0 aliphatic carbocycles. The van der Waals surface area contributed by atoms with E-state index in [1.165, 1.54) is 11.1 Å². The summed E-state index contributed by atoms with van der Waals surface area (Å²) in [5.74, 6) is 0.0738. The molecule has 0 aromatic heterocycles. The summed E-state index contributed by atoms with van der Waals surface area (Å²) in [7, 11) is 0. The van der Waals surface area contributed by atoms with Crippen molar-refractivity contribution in [3.05, 3.63) is 34.4 Å². The molecule has 1 aromatic carbocycles. The van der Waals surface area contributed by atoms with Crippen molar-refractivity contribution in [1.82, 2.24) is 5.32 Å². The van der Waals surface area contributed by atoms with Gasteiger partial charge in [-0.3, -0.25) is 4.79 Å². The highest BCUT2D eigenvalue weighted by atomic mass is 16.1. The van der Waals surface area contributed by atoms with Crippen molar-refractivity contribution in [2.45, 2.75) is 26.8 Å². The van der Waals surface area contributed by atoms with E-state index < -0.39 is 0 Å². The number of carbonyl (C=O) groups is 1. The Kier molecular flexibility index (Phi) is 1.83. The lowest BCUT2D eigenvalue weighted by atomic mass is 9.99. The number of hydrogen-bond donors (Lipinski definition) is 1. The Balaban J connectivity index is 2.57. The third-order valence-electron chi connectivity index (χ3n) is 2.63. The van der Waals surface area contributed by atoms with Crippen molar-refractivity contribution in [2.75, 3.05) is 0 Å². The van der Waals surface area contributed by atoms with Gasteiger partial charge in [0.05, 0.1) is 0 Å². The van der Waals surface area contributed by atoms with Crippen LogP contribution in [-0.2, 0) is 13.0 Å². The second-order valence-electron chi connectivity index (χ2n) is 3.47.